The standard InChI is InChI=1S/C18H21ClN2O2/c1-13(15-8-4-5-9-16(15)19)20-12-18(22)21-11-14-7-3-6-10-17(14)23-2/h3-10,13,20H,11-12H2,1-2H3,(H,21,22). The van der Waals surface area contributed by atoms with E-state index in [4.69, 9.17) is 16.3 Å². The summed E-state index contributed by atoms with van der Waals surface area (Å²) in [6, 6.07) is 15.2. The highest BCUT2D eigenvalue weighted by Crippen LogP contribution is 2.21. The molecule has 0 spiro atoms. The largest absolute Gasteiger partial charge is 0.496 e. The summed E-state index contributed by atoms with van der Waals surface area (Å²) in [5.74, 6) is 0.694. The van der Waals surface area contributed by atoms with Crippen molar-refractivity contribution in [2.45, 2.75) is 19.5 Å². The van der Waals surface area contributed by atoms with Gasteiger partial charge in [0, 0.05) is 23.2 Å². The third-order valence-electron chi connectivity index (χ3n) is 3.61. The summed E-state index contributed by atoms with van der Waals surface area (Å²) in [4.78, 5) is 12.0. The Labute approximate surface area is 141 Å². The molecule has 5 heteroatoms. The molecule has 1 unspecified atom stereocenters. The van der Waals surface area contributed by atoms with Crippen LogP contribution in [0.25, 0.3) is 0 Å². The van der Waals surface area contributed by atoms with Gasteiger partial charge in [0.05, 0.1) is 13.7 Å². The van der Waals surface area contributed by atoms with Gasteiger partial charge in [0.2, 0.25) is 5.91 Å². The quantitative estimate of drug-likeness (QED) is 0.817. The lowest BCUT2D eigenvalue weighted by atomic mass is 10.1. The number of hydrogen-bond acceptors (Lipinski definition) is 3. The number of nitrogens with one attached hydrogen (secondary N) is 2. The molecule has 0 aliphatic carbocycles. The number of benzene rings is 2. The summed E-state index contributed by atoms with van der Waals surface area (Å²) in [7, 11) is 1.62. The number of halogens is 1. The second kappa shape index (κ2) is 8.56. The maximum Gasteiger partial charge on any atom is 0.234 e. The lowest BCUT2D eigenvalue weighted by Crippen LogP contribution is -2.34. The van der Waals surface area contributed by atoms with E-state index in [0.29, 0.717) is 11.6 Å². The van der Waals surface area contributed by atoms with Gasteiger partial charge in [-0.1, -0.05) is 48.0 Å². The fraction of sp³-hybridized carbons (Fsp3) is 0.278. The zero-order valence-electron chi connectivity index (χ0n) is 13.3. The lowest BCUT2D eigenvalue weighted by molar-refractivity contribution is -0.120. The smallest absolute Gasteiger partial charge is 0.234 e. The number of ether oxygens (including phenoxy) is 1. The van der Waals surface area contributed by atoms with Crippen molar-refractivity contribution >= 4 is 17.5 Å². The Morgan fingerprint density at radius 2 is 1.87 bits per heavy atom. The van der Waals surface area contributed by atoms with E-state index in [-0.39, 0.29) is 18.5 Å². The SMILES string of the molecule is COc1ccccc1CNC(=O)CNC(C)c1ccccc1Cl. The van der Waals surface area contributed by atoms with Crippen LogP contribution >= 0.6 is 11.6 Å². The zero-order valence-corrected chi connectivity index (χ0v) is 14.1. The van der Waals surface area contributed by atoms with E-state index in [1.807, 2.05) is 55.5 Å². The third kappa shape index (κ3) is 4.98. The second-order valence-corrected chi connectivity index (χ2v) is 5.62. The van der Waals surface area contributed by atoms with Gasteiger partial charge in [-0.2, -0.15) is 0 Å². The van der Waals surface area contributed by atoms with E-state index < -0.39 is 0 Å². The molecule has 0 fully saturated rings. The molecule has 2 rings (SSSR count). The number of methoxy groups -OCH3 is 1. The molecule has 0 heterocycles. The molecule has 0 saturated heterocycles. The van der Waals surface area contributed by atoms with Gasteiger partial charge in [-0.05, 0) is 24.6 Å². The van der Waals surface area contributed by atoms with Gasteiger partial charge in [0.15, 0.2) is 0 Å². The number of hydrogen-bond donors (Lipinski definition) is 2. The molecule has 1 atom stereocenters. The van der Waals surface area contributed by atoms with E-state index in [0.717, 1.165) is 16.9 Å². The van der Waals surface area contributed by atoms with Gasteiger partial charge in [-0.25, -0.2) is 0 Å². The third-order valence-corrected chi connectivity index (χ3v) is 3.95. The molecule has 0 aliphatic heterocycles. The van der Waals surface area contributed by atoms with Gasteiger partial charge < -0.3 is 15.4 Å². The van der Waals surface area contributed by atoms with Crippen LogP contribution in [0.2, 0.25) is 5.02 Å². The first-order valence-corrected chi connectivity index (χ1v) is 7.86. The first-order chi connectivity index (χ1) is 11.1. The van der Waals surface area contributed by atoms with Crippen LogP contribution in [-0.4, -0.2) is 19.6 Å². The van der Waals surface area contributed by atoms with Crippen molar-refractivity contribution < 1.29 is 9.53 Å². The van der Waals surface area contributed by atoms with Crippen LogP contribution in [0.4, 0.5) is 0 Å². The maximum atomic E-state index is 12.0. The van der Waals surface area contributed by atoms with Crippen molar-refractivity contribution in [2.24, 2.45) is 0 Å². The summed E-state index contributed by atoms with van der Waals surface area (Å²) in [6.07, 6.45) is 0. The summed E-state index contributed by atoms with van der Waals surface area (Å²) < 4.78 is 5.27. The zero-order chi connectivity index (χ0) is 16.7. The molecule has 23 heavy (non-hydrogen) atoms. The predicted octanol–water partition coefficient (Wildman–Crippen LogP) is 3.32. The molecule has 0 saturated carbocycles. The molecule has 0 radical (unpaired) electrons. The number of carbonyl (C=O) groups excluding carboxylic acids is 1. The number of amides is 1. The maximum absolute atomic E-state index is 12.0. The molecule has 0 aromatic heterocycles. The minimum Gasteiger partial charge on any atom is -0.496 e. The monoisotopic (exact) mass is 332 g/mol. The normalized spacial score (nSPS) is 11.8. The van der Waals surface area contributed by atoms with Crippen LogP contribution < -0.4 is 15.4 Å². The molecule has 4 nitrogen and oxygen atoms in total. The summed E-state index contributed by atoms with van der Waals surface area (Å²) in [5, 5.41) is 6.75. The first kappa shape index (κ1) is 17.3. The van der Waals surface area contributed by atoms with E-state index in [2.05, 4.69) is 10.6 Å². The fourth-order valence-corrected chi connectivity index (χ4v) is 2.59. The summed E-state index contributed by atoms with van der Waals surface area (Å²) in [6.45, 7) is 2.64. The van der Waals surface area contributed by atoms with Gasteiger partial charge in [-0.15, -0.1) is 0 Å². The van der Waals surface area contributed by atoms with Crippen LogP contribution in [0.3, 0.4) is 0 Å². The van der Waals surface area contributed by atoms with Crippen molar-refractivity contribution in [1.82, 2.24) is 10.6 Å². The lowest BCUT2D eigenvalue weighted by Gasteiger charge is -2.15. The Morgan fingerprint density at radius 1 is 1.17 bits per heavy atom. The van der Waals surface area contributed by atoms with Crippen LogP contribution in [0.1, 0.15) is 24.1 Å². The van der Waals surface area contributed by atoms with Crippen molar-refractivity contribution in [1.29, 1.82) is 0 Å². The van der Waals surface area contributed by atoms with Crippen LogP contribution in [0, 0.1) is 0 Å². The van der Waals surface area contributed by atoms with Gasteiger partial charge in [-0.3, -0.25) is 4.79 Å². The van der Waals surface area contributed by atoms with Crippen LogP contribution in [0.5, 0.6) is 5.75 Å². The molecule has 2 N–H and O–H groups in total. The average Bonchev–Trinajstić information content (AvgIpc) is 2.58. The highest BCUT2D eigenvalue weighted by atomic mass is 35.5. The van der Waals surface area contributed by atoms with Crippen molar-refractivity contribution in [3.05, 3.63) is 64.7 Å². The fourth-order valence-electron chi connectivity index (χ4n) is 2.29. The topological polar surface area (TPSA) is 50.4 Å². The first-order valence-electron chi connectivity index (χ1n) is 7.48. The average molecular weight is 333 g/mol. The molecular weight excluding hydrogens is 312 g/mol. The highest BCUT2D eigenvalue weighted by Gasteiger charge is 2.10. The molecule has 0 bridgehead atoms. The Balaban J connectivity index is 1.82. The molecule has 2 aromatic carbocycles. The number of carbonyl (C=O) groups is 1. The van der Waals surface area contributed by atoms with E-state index in [1.54, 1.807) is 7.11 Å². The summed E-state index contributed by atoms with van der Waals surface area (Å²) in [5.41, 5.74) is 1.93. The Morgan fingerprint density at radius 3 is 2.61 bits per heavy atom. The molecule has 2 aromatic rings. The second-order valence-electron chi connectivity index (χ2n) is 5.21. The number of para-hydroxylation sites is 1. The summed E-state index contributed by atoms with van der Waals surface area (Å²) >= 11 is 6.15. The Hall–Kier alpha value is -2.04. The predicted molar refractivity (Wildman–Crippen MR) is 92.7 cm³/mol. The van der Waals surface area contributed by atoms with Gasteiger partial charge >= 0.3 is 0 Å². The highest BCUT2D eigenvalue weighted by molar-refractivity contribution is 6.31. The molecule has 1 amide bonds. The molecule has 122 valence electrons. The van der Waals surface area contributed by atoms with Crippen LogP contribution in [0.15, 0.2) is 48.5 Å². The van der Waals surface area contributed by atoms with Crippen molar-refractivity contribution in [3.63, 3.8) is 0 Å². The van der Waals surface area contributed by atoms with Crippen molar-refractivity contribution in [2.75, 3.05) is 13.7 Å². The molecule has 0 aliphatic rings. The minimum absolute atomic E-state index is 0.000659. The van der Waals surface area contributed by atoms with Crippen molar-refractivity contribution in [3.8, 4) is 5.75 Å². The Bertz CT molecular complexity index is 661. The van der Waals surface area contributed by atoms with E-state index >= 15 is 0 Å². The van der Waals surface area contributed by atoms with Crippen LogP contribution in [-0.2, 0) is 11.3 Å². The minimum atomic E-state index is -0.0743. The van der Waals surface area contributed by atoms with Gasteiger partial charge in [0.25, 0.3) is 0 Å². The van der Waals surface area contributed by atoms with Gasteiger partial charge in [0.1, 0.15) is 5.75 Å². The molecular formula is C18H21ClN2O2. The number of rotatable bonds is 7. The Kier molecular flexibility index (Phi) is 6.44. The van der Waals surface area contributed by atoms with E-state index in [1.165, 1.54) is 0 Å². The van der Waals surface area contributed by atoms with E-state index in [9.17, 15) is 4.79 Å².